The van der Waals surface area contributed by atoms with E-state index in [2.05, 4.69) is 16.6 Å². The third-order valence-electron chi connectivity index (χ3n) is 4.28. The SMILES string of the molecule is CC1CCCC1CNS(=O)(=O)c1c(Cl)nc2ccccn12. The molecule has 1 aliphatic rings. The van der Waals surface area contributed by atoms with E-state index in [-0.39, 0.29) is 10.2 Å². The maximum Gasteiger partial charge on any atom is 0.259 e. The first-order valence-electron chi connectivity index (χ1n) is 7.11. The van der Waals surface area contributed by atoms with Crippen molar-refractivity contribution in [3.8, 4) is 0 Å². The van der Waals surface area contributed by atoms with Crippen molar-refractivity contribution in [3.63, 3.8) is 0 Å². The van der Waals surface area contributed by atoms with Crippen LogP contribution in [0.2, 0.25) is 5.15 Å². The van der Waals surface area contributed by atoms with Gasteiger partial charge in [-0.3, -0.25) is 4.40 Å². The van der Waals surface area contributed by atoms with Crippen LogP contribution in [0, 0.1) is 11.8 Å². The van der Waals surface area contributed by atoms with Crippen LogP contribution in [-0.2, 0) is 10.0 Å². The summed E-state index contributed by atoms with van der Waals surface area (Å²) in [6, 6.07) is 5.27. The summed E-state index contributed by atoms with van der Waals surface area (Å²) in [7, 11) is -3.67. The van der Waals surface area contributed by atoms with Gasteiger partial charge in [0.15, 0.2) is 10.2 Å². The minimum atomic E-state index is -3.67. The fourth-order valence-electron chi connectivity index (χ4n) is 3.00. The van der Waals surface area contributed by atoms with E-state index in [1.165, 1.54) is 17.2 Å². The number of aromatic nitrogens is 2. The highest BCUT2D eigenvalue weighted by Gasteiger charge is 2.28. The van der Waals surface area contributed by atoms with Crippen molar-refractivity contribution in [2.24, 2.45) is 11.8 Å². The molecule has 0 saturated heterocycles. The van der Waals surface area contributed by atoms with Gasteiger partial charge in [-0.2, -0.15) is 0 Å². The molecule has 114 valence electrons. The minimum absolute atomic E-state index is 0.00757. The standard InChI is InChI=1S/C14H18ClN3O2S/c1-10-5-4-6-11(10)9-16-21(19,20)14-13(15)17-12-7-2-3-8-18(12)14/h2-3,7-8,10-11,16H,4-6,9H2,1H3. The second-order valence-electron chi connectivity index (χ2n) is 5.66. The summed E-state index contributed by atoms with van der Waals surface area (Å²) >= 11 is 6.03. The van der Waals surface area contributed by atoms with Crippen molar-refractivity contribution in [1.29, 1.82) is 0 Å². The quantitative estimate of drug-likeness (QED) is 0.939. The lowest BCUT2D eigenvalue weighted by Crippen LogP contribution is -2.31. The molecule has 0 aliphatic heterocycles. The zero-order valence-electron chi connectivity index (χ0n) is 11.8. The smallest absolute Gasteiger partial charge is 0.259 e. The summed E-state index contributed by atoms with van der Waals surface area (Å²) in [4.78, 5) is 4.08. The van der Waals surface area contributed by atoms with Gasteiger partial charge in [-0.25, -0.2) is 18.1 Å². The highest BCUT2D eigenvalue weighted by molar-refractivity contribution is 7.89. The number of rotatable bonds is 4. The summed E-state index contributed by atoms with van der Waals surface area (Å²) in [5, 5.41) is 0.0265. The summed E-state index contributed by atoms with van der Waals surface area (Å²) < 4.78 is 29.3. The van der Waals surface area contributed by atoms with E-state index in [0.717, 1.165) is 6.42 Å². The maximum atomic E-state index is 12.5. The molecule has 0 radical (unpaired) electrons. The molecule has 2 aromatic rings. The fourth-order valence-corrected chi connectivity index (χ4v) is 4.73. The first kappa shape index (κ1) is 14.8. The van der Waals surface area contributed by atoms with E-state index < -0.39 is 10.0 Å². The number of nitrogens with one attached hydrogen (secondary N) is 1. The number of hydrogen-bond acceptors (Lipinski definition) is 3. The van der Waals surface area contributed by atoms with Crippen LogP contribution in [0.25, 0.3) is 5.65 Å². The average molecular weight is 328 g/mol. The Balaban J connectivity index is 1.88. The van der Waals surface area contributed by atoms with Gasteiger partial charge in [0.1, 0.15) is 5.65 Å². The van der Waals surface area contributed by atoms with Crippen LogP contribution in [-0.4, -0.2) is 24.3 Å². The molecule has 0 bridgehead atoms. The Morgan fingerprint density at radius 3 is 2.95 bits per heavy atom. The van der Waals surface area contributed by atoms with Crippen molar-refractivity contribution in [1.82, 2.24) is 14.1 Å². The first-order valence-corrected chi connectivity index (χ1v) is 8.97. The van der Waals surface area contributed by atoms with Gasteiger partial charge >= 0.3 is 0 Å². The summed E-state index contributed by atoms with van der Waals surface area (Å²) in [6.45, 7) is 2.63. The number of sulfonamides is 1. The van der Waals surface area contributed by atoms with Crippen LogP contribution >= 0.6 is 11.6 Å². The molecule has 0 spiro atoms. The van der Waals surface area contributed by atoms with Crippen molar-refractivity contribution < 1.29 is 8.42 Å². The monoisotopic (exact) mass is 327 g/mol. The molecule has 21 heavy (non-hydrogen) atoms. The summed E-state index contributed by atoms with van der Waals surface area (Å²) in [5.74, 6) is 0.961. The Morgan fingerprint density at radius 2 is 2.24 bits per heavy atom. The number of imidazole rings is 1. The average Bonchev–Trinajstić information content (AvgIpc) is 2.99. The van der Waals surface area contributed by atoms with Gasteiger partial charge in [-0.15, -0.1) is 0 Å². The molecule has 1 N–H and O–H groups in total. The Kier molecular flexibility index (Phi) is 3.94. The largest absolute Gasteiger partial charge is 0.288 e. The van der Waals surface area contributed by atoms with E-state index >= 15 is 0 Å². The van der Waals surface area contributed by atoms with Crippen molar-refractivity contribution in [3.05, 3.63) is 29.5 Å². The predicted molar refractivity (Wildman–Crippen MR) is 81.9 cm³/mol. The van der Waals surface area contributed by atoms with Gasteiger partial charge in [-0.1, -0.05) is 37.4 Å². The van der Waals surface area contributed by atoms with E-state index in [0.29, 0.717) is 24.0 Å². The normalized spacial score (nSPS) is 23.0. The van der Waals surface area contributed by atoms with Gasteiger partial charge in [0.05, 0.1) is 0 Å². The highest BCUT2D eigenvalue weighted by atomic mass is 35.5. The third kappa shape index (κ3) is 2.80. The molecule has 1 saturated carbocycles. The van der Waals surface area contributed by atoms with Gasteiger partial charge in [0.25, 0.3) is 10.0 Å². The molecule has 5 nitrogen and oxygen atoms in total. The second-order valence-corrected chi connectivity index (χ2v) is 7.70. The van der Waals surface area contributed by atoms with Crippen molar-refractivity contribution in [2.45, 2.75) is 31.2 Å². The number of pyridine rings is 1. The Bertz CT molecular complexity index is 757. The molecule has 1 fully saturated rings. The number of fused-ring (bicyclic) bond motifs is 1. The molecule has 2 heterocycles. The van der Waals surface area contributed by atoms with Crippen molar-refractivity contribution >= 4 is 27.3 Å². The topological polar surface area (TPSA) is 63.5 Å². The highest BCUT2D eigenvalue weighted by Crippen LogP contribution is 2.31. The molecular weight excluding hydrogens is 310 g/mol. The lowest BCUT2D eigenvalue weighted by atomic mass is 9.99. The Hall–Kier alpha value is -1.11. The molecule has 7 heteroatoms. The number of hydrogen-bond donors (Lipinski definition) is 1. The molecule has 0 amide bonds. The summed E-state index contributed by atoms with van der Waals surface area (Å²) in [6.07, 6.45) is 5.07. The van der Waals surface area contributed by atoms with Crippen LogP contribution in [0.15, 0.2) is 29.4 Å². The Labute approximate surface area is 129 Å². The number of halogens is 1. The van der Waals surface area contributed by atoms with E-state index in [1.54, 1.807) is 24.4 Å². The number of nitrogens with zero attached hydrogens (tertiary/aromatic N) is 2. The van der Waals surface area contributed by atoms with Crippen LogP contribution < -0.4 is 4.72 Å². The van der Waals surface area contributed by atoms with E-state index in [1.807, 2.05) is 0 Å². The third-order valence-corrected chi connectivity index (χ3v) is 6.10. The van der Waals surface area contributed by atoms with Crippen LogP contribution in [0.1, 0.15) is 26.2 Å². The molecule has 2 atom stereocenters. The van der Waals surface area contributed by atoms with Gasteiger partial charge < -0.3 is 0 Å². The van der Waals surface area contributed by atoms with Gasteiger partial charge in [0.2, 0.25) is 0 Å². The second kappa shape index (κ2) is 5.59. The van der Waals surface area contributed by atoms with Crippen LogP contribution in [0.3, 0.4) is 0 Å². The van der Waals surface area contributed by atoms with E-state index in [4.69, 9.17) is 11.6 Å². The van der Waals surface area contributed by atoms with E-state index in [9.17, 15) is 8.42 Å². The van der Waals surface area contributed by atoms with Crippen molar-refractivity contribution in [2.75, 3.05) is 6.54 Å². The van der Waals surface area contributed by atoms with Crippen LogP contribution in [0.5, 0.6) is 0 Å². The van der Waals surface area contributed by atoms with Gasteiger partial charge in [0, 0.05) is 12.7 Å². The first-order chi connectivity index (χ1) is 9.99. The zero-order valence-corrected chi connectivity index (χ0v) is 13.4. The van der Waals surface area contributed by atoms with Crippen LogP contribution in [0.4, 0.5) is 0 Å². The summed E-state index contributed by atoms with van der Waals surface area (Å²) in [5.41, 5.74) is 0.525. The lowest BCUT2D eigenvalue weighted by molar-refractivity contribution is 0.414. The van der Waals surface area contributed by atoms with Gasteiger partial charge in [-0.05, 0) is 30.4 Å². The maximum absolute atomic E-state index is 12.5. The molecule has 1 aliphatic carbocycles. The Morgan fingerprint density at radius 1 is 1.43 bits per heavy atom. The predicted octanol–water partition coefficient (Wildman–Crippen LogP) is 2.70. The molecule has 0 aromatic carbocycles. The lowest BCUT2D eigenvalue weighted by Gasteiger charge is -2.16. The fraction of sp³-hybridized carbons (Fsp3) is 0.500. The molecule has 3 rings (SSSR count). The molecule has 2 unspecified atom stereocenters. The zero-order chi connectivity index (χ0) is 15.0. The molecular formula is C14H18ClN3O2S. The molecule has 2 aromatic heterocycles. The minimum Gasteiger partial charge on any atom is -0.288 e.